The summed E-state index contributed by atoms with van der Waals surface area (Å²) in [7, 11) is -3.56. The molecule has 0 fully saturated rings. The second kappa shape index (κ2) is 4.34. The third kappa shape index (κ3) is 2.81. The van der Waals surface area contributed by atoms with E-state index in [0.29, 0.717) is 0 Å². The third-order valence-corrected chi connectivity index (χ3v) is 4.04. The summed E-state index contributed by atoms with van der Waals surface area (Å²) in [6.45, 7) is 0. The normalized spacial score (nSPS) is 12.5. The molecule has 1 N–H and O–H groups in total. The summed E-state index contributed by atoms with van der Waals surface area (Å²) in [5.41, 5.74) is -0.788. The molecule has 0 atom stereocenters. The van der Waals surface area contributed by atoms with Crippen molar-refractivity contribution in [2.75, 3.05) is 6.26 Å². The molecule has 8 heteroatoms. The topological polar surface area (TPSA) is 71.4 Å². The molecule has 1 aromatic rings. The first-order chi connectivity index (χ1) is 7.56. The van der Waals surface area contributed by atoms with Gasteiger partial charge in [0, 0.05) is 16.3 Å². The molecule has 0 aliphatic rings. The predicted octanol–water partition coefficient (Wildman–Crippen LogP) is 2.03. The van der Waals surface area contributed by atoms with Gasteiger partial charge in [0.25, 0.3) is 0 Å². The minimum absolute atomic E-state index is 0.0987. The largest absolute Gasteiger partial charge is 0.477 e. The van der Waals surface area contributed by atoms with E-state index in [1.807, 2.05) is 0 Å². The number of alkyl halides is 2. The molecule has 0 aliphatic heterocycles. The lowest BCUT2D eigenvalue weighted by atomic mass is 10.1. The van der Waals surface area contributed by atoms with Crippen molar-refractivity contribution in [2.24, 2.45) is 0 Å². The van der Waals surface area contributed by atoms with Crippen LogP contribution in [0.25, 0.3) is 0 Å². The van der Waals surface area contributed by atoms with E-state index in [-0.39, 0.29) is 9.37 Å². The highest BCUT2D eigenvalue weighted by Crippen LogP contribution is 2.32. The zero-order chi connectivity index (χ0) is 13.4. The number of hydrogen-bond acceptors (Lipinski definition) is 3. The second-order valence-corrected chi connectivity index (χ2v) is 6.14. The van der Waals surface area contributed by atoms with E-state index >= 15 is 0 Å². The van der Waals surface area contributed by atoms with Crippen LogP contribution in [0, 0.1) is 0 Å². The first kappa shape index (κ1) is 14.0. The highest BCUT2D eigenvalue weighted by atomic mass is 79.9. The molecule has 0 aromatic heterocycles. The lowest BCUT2D eigenvalue weighted by Gasteiger charge is -2.12. The monoisotopic (exact) mass is 328 g/mol. The van der Waals surface area contributed by atoms with E-state index in [1.165, 1.54) is 0 Å². The van der Waals surface area contributed by atoms with Crippen LogP contribution in [0.4, 0.5) is 8.78 Å². The minimum Gasteiger partial charge on any atom is -0.477 e. The SMILES string of the molecule is CS(=O)(=O)c1ccc(C(F)(F)C(=O)O)cc1Br. The van der Waals surface area contributed by atoms with E-state index in [0.717, 1.165) is 24.5 Å². The summed E-state index contributed by atoms with van der Waals surface area (Å²) in [6.07, 6.45) is 0.919. The molecule has 0 saturated carbocycles. The number of rotatable bonds is 3. The Morgan fingerprint density at radius 2 is 1.94 bits per heavy atom. The van der Waals surface area contributed by atoms with Crippen molar-refractivity contribution in [3.63, 3.8) is 0 Å². The number of carbonyl (C=O) groups is 1. The molecule has 0 radical (unpaired) electrons. The Kier molecular flexibility index (Phi) is 3.58. The molecule has 94 valence electrons. The fourth-order valence-corrected chi connectivity index (χ4v) is 3.11. The molecule has 4 nitrogen and oxygen atoms in total. The van der Waals surface area contributed by atoms with Crippen LogP contribution in [-0.2, 0) is 20.6 Å². The third-order valence-electron chi connectivity index (χ3n) is 1.96. The van der Waals surface area contributed by atoms with Gasteiger partial charge in [-0.2, -0.15) is 8.78 Å². The van der Waals surface area contributed by atoms with Crippen molar-refractivity contribution in [3.8, 4) is 0 Å². The second-order valence-electron chi connectivity index (χ2n) is 3.30. The average Bonchev–Trinajstić information content (AvgIpc) is 2.15. The van der Waals surface area contributed by atoms with E-state index in [1.54, 1.807) is 0 Å². The number of carboxylic acid groups (broad SMARTS) is 1. The molecule has 17 heavy (non-hydrogen) atoms. The summed E-state index contributed by atoms with van der Waals surface area (Å²) < 4.78 is 48.6. The van der Waals surface area contributed by atoms with E-state index in [2.05, 4.69) is 15.9 Å². The van der Waals surface area contributed by atoms with Crippen molar-refractivity contribution in [3.05, 3.63) is 28.2 Å². The highest BCUT2D eigenvalue weighted by molar-refractivity contribution is 9.10. The molecule has 0 aliphatic carbocycles. The van der Waals surface area contributed by atoms with Gasteiger partial charge in [0.05, 0.1) is 4.90 Å². The fraction of sp³-hybridized carbons (Fsp3) is 0.222. The van der Waals surface area contributed by atoms with Gasteiger partial charge in [0.2, 0.25) is 0 Å². The van der Waals surface area contributed by atoms with Gasteiger partial charge in [-0.05, 0) is 28.1 Å². The maximum atomic E-state index is 13.1. The fourth-order valence-electron chi connectivity index (χ4n) is 1.12. The number of benzene rings is 1. The van der Waals surface area contributed by atoms with Gasteiger partial charge in [-0.15, -0.1) is 0 Å². The van der Waals surface area contributed by atoms with Crippen molar-refractivity contribution in [1.82, 2.24) is 0 Å². The molecular weight excluding hydrogens is 322 g/mol. The van der Waals surface area contributed by atoms with Gasteiger partial charge >= 0.3 is 11.9 Å². The molecule has 0 heterocycles. The Morgan fingerprint density at radius 1 is 1.41 bits per heavy atom. The Hall–Kier alpha value is -1.02. The van der Waals surface area contributed by atoms with E-state index in [4.69, 9.17) is 5.11 Å². The predicted molar refractivity (Wildman–Crippen MR) is 58.8 cm³/mol. The van der Waals surface area contributed by atoms with Crippen molar-refractivity contribution < 1.29 is 27.1 Å². The minimum atomic E-state index is -4.06. The molecule has 0 unspecified atom stereocenters. The summed E-state index contributed by atoms with van der Waals surface area (Å²) in [5, 5.41) is 8.33. The Labute approximate surface area is 104 Å². The van der Waals surface area contributed by atoms with Crippen LogP contribution in [0.15, 0.2) is 27.6 Å². The van der Waals surface area contributed by atoms with E-state index < -0.39 is 27.3 Å². The maximum absolute atomic E-state index is 13.1. The van der Waals surface area contributed by atoms with Crippen LogP contribution in [0.2, 0.25) is 0 Å². The van der Waals surface area contributed by atoms with Crippen LogP contribution in [-0.4, -0.2) is 25.7 Å². The highest BCUT2D eigenvalue weighted by Gasteiger charge is 2.41. The molecular formula is C9H7BrF2O4S. The maximum Gasteiger partial charge on any atom is 0.379 e. The van der Waals surface area contributed by atoms with Gasteiger partial charge in [0.1, 0.15) is 0 Å². The van der Waals surface area contributed by atoms with Gasteiger partial charge < -0.3 is 5.11 Å². The number of halogens is 3. The van der Waals surface area contributed by atoms with Crippen LogP contribution in [0.5, 0.6) is 0 Å². The molecule has 0 amide bonds. The van der Waals surface area contributed by atoms with Crippen LogP contribution >= 0.6 is 15.9 Å². The summed E-state index contributed by atoms with van der Waals surface area (Å²) in [4.78, 5) is 10.2. The summed E-state index contributed by atoms with van der Waals surface area (Å²) in [6, 6.07) is 2.49. The van der Waals surface area contributed by atoms with Gasteiger partial charge in [0.15, 0.2) is 9.84 Å². The number of sulfone groups is 1. The first-order valence-corrected chi connectivity index (χ1v) is 6.86. The zero-order valence-electron chi connectivity index (χ0n) is 8.45. The molecule has 0 saturated heterocycles. The molecule has 0 spiro atoms. The van der Waals surface area contributed by atoms with Gasteiger partial charge in [-0.3, -0.25) is 0 Å². The van der Waals surface area contributed by atoms with Gasteiger partial charge in [-0.1, -0.05) is 6.07 Å². The molecule has 0 bridgehead atoms. The van der Waals surface area contributed by atoms with Crippen LogP contribution in [0.1, 0.15) is 5.56 Å². The summed E-state index contributed by atoms with van der Waals surface area (Å²) >= 11 is 2.82. The molecule has 1 rings (SSSR count). The Morgan fingerprint density at radius 3 is 2.29 bits per heavy atom. The standard InChI is InChI=1S/C9H7BrF2O4S/c1-17(15,16)7-3-2-5(4-6(7)10)9(11,12)8(13)14/h2-4H,1H3,(H,13,14). The Bertz CT molecular complexity index is 568. The average molecular weight is 329 g/mol. The lowest BCUT2D eigenvalue weighted by molar-refractivity contribution is -0.166. The number of hydrogen-bond donors (Lipinski definition) is 1. The van der Waals surface area contributed by atoms with Crippen molar-refractivity contribution in [1.29, 1.82) is 0 Å². The number of carboxylic acids is 1. The van der Waals surface area contributed by atoms with Crippen LogP contribution in [0.3, 0.4) is 0 Å². The Balaban J connectivity index is 3.37. The van der Waals surface area contributed by atoms with Crippen molar-refractivity contribution in [2.45, 2.75) is 10.8 Å². The molecule has 1 aromatic carbocycles. The smallest absolute Gasteiger partial charge is 0.379 e. The lowest BCUT2D eigenvalue weighted by Crippen LogP contribution is -2.25. The summed E-state index contributed by atoms with van der Waals surface area (Å²) in [5.74, 6) is -6.35. The zero-order valence-corrected chi connectivity index (χ0v) is 10.8. The quantitative estimate of drug-likeness (QED) is 0.921. The number of aliphatic carboxylic acids is 1. The van der Waals surface area contributed by atoms with E-state index in [9.17, 15) is 22.0 Å². The first-order valence-electron chi connectivity index (χ1n) is 4.18. The van der Waals surface area contributed by atoms with Gasteiger partial charge in [-0.25, -0.2) is 13.2 Å². The van der Waals surface area contributed by atoms with Crippen LogP contribution < -0.4 is 0 Å². The van der Waals surface area contributed by atoms with Crippen molar-refractivity contribution >= 4 is 31.7 Å².